The summed E-state index contributed by atoms with van der Waals surface area (Å²) in [5.74, 6) is 1.36. The molecule has 0 aliphatic carbocycles. The average Bonchev–Trinajstić information content (AvgIpc) is 2.06. The van der Waals surface area contributed by atoms with E-state index in [1.807, 2.05) is 0 Å². The number of nitrogens with two attached hydrogens (primary N) is 1. The molecule has 0 saturated heterocycles. The number of hydrogen-bond acceptors (Lipinski definition) is 2. The van der Waals surface area contributed by atoms with Crippen LogP contribution in [0.15, 0.2) is 0 Å². The molecule has 0 bridgehead atoms. The third kappa shape index (κ3) is 4.07. The molecule has 0 aromatic rings. The van der Waals surface area contributed by atoms with Crippen LogP contribution in [-0.4, -0.2) is 31.1 Å². The summed E-state index contributed by atoms with van der Waals surface area (Å²) in [6, 6.07) is 0. The molecule has 0 aliphatic rings. The highest BCUT2D eigenvalue weighted by atomic mass is 15.1. The van der Waals surface area contributed by atoms with Gasteiger partial charge in [-0.25, -0.2) is 0 Å². The Morgan fingerprint density at radius 3 is 1.92 bits per heavy atom. The van der Waals surface area contributed by atoms with Crippen molar-refractivity contribution in [3.8, 4) is 0 Å². The fraction of sp³-hybridized carbons (Fsp3) is 1.00. The fourth-order valence-corrected chi connectivity index (χ4v) is 1.37. The van der Waals surface area contributed by atoms with Crippen LogP contribution >= 0.6 is 0 Å². The summed E-state index contributed by atoms with van der Waals surface area (Å²) < 4.78 is 0. The van der Waals surface area contributed by atoms with Gasteiger partial charge in [-0.15, -0.1) is 0 Å². The second-order valence-corrected chi connectivity index (χ2v) is 3.73. The van der Waals surface area contributed by atoms with E-state index < -0.39 is 0 Å². The Morgan fingerprint density at radius 1 is 1.17 bits per heavy atom. The Morgan fingerprint density at radius 2 is 1.67 bits per heavy atom. The molecule has 0 aromatic carbocycles. The Bertz CT molecular complexity index is 98.0. The smallest absolute Gasteiger partial charge is 0.00239 e. The second-order valence-electron chi connectivity index (χ2n) is 3.73. The SMILES string of the molecule is CCN(CC)CC(CN)C(C)C. The Hall–Kier alpha value is -0.0800. The molecule has 0 saturated carbocycles. The van der Waals surface area contributed by atoms with E-state index in [1.165, 1.54) is 0 Å². The van der Waals surface area contributed by atoms with Crippen molar-refractivity contribution < 1.29 is 0 Å². The summed E-state index contributed by atoms with van der Waals surface area (Å²) in [6.07, 6.45) is 0. The molecule has 0 rings (SSSR count). The first-order chi connectivity index (χ1) is 5.65. The highest BCUT2D eigenvalue weighted by Gasteiger charge is 2.13. The first kappa shape index (κ1) is 11.9. The number of nitrogens with zero attached hydrogens (tertiary/aromatic N) is 1. The maximum Gasteiger partial charge on any atom is 0.00239 e. The molecule has 12 heavy (non-hydrogen) atoms. The van der Waals surface area contributed by atoms with E-state index in [2.05, 4.69) is 32.6 Å². The van der Waals surface area contributed by atoms with Crippen LogP contribution in [0.3, 0.4) is 0 Å². The summed E-state index contributed by atoms with van der Waals surface area (Å²) >= 11 is 0. The Kier molecular flexibility index (Phi) is 6.39. The van der Waals surface area contributed by atoms with Crippen LogP contribution in [0.2, 0.25) is 0 Å². The van der Waals surface area contributed by atoms with Crippen molar-refractivity contribution in [2.24, 2.45) is 17.6 Å². The molecule has 2 heteroatoms. The Labute approximate surface area is 77.1 Å². The zero-order chi connectivity index (χ0) is 9.56. The van der Waals surface area contributed by atoms with Crippen LogP contribution in [0, 0.1) is 11.8 Å². The van der Waals surface area contributed by atoms with Gasteiger partial charge >= 0.3 is 0 Å². The predicted octanol–water partition coefficient (Wildman–Crippen LogP) is 1.56. The van der Waals surface area contributed by atoms with Crippen LogP contribution in [0.25, 0.3) is 0 Å². The van der Waals surface area contributed by atoms with Gasteiger partial charge in [0.1, 0.15) is 0 Å². The summed E-state index contributed by atoms with van der Waals surface area (Å²) in [6.45, 7) is 13.2. The lowest BCUT2D eigenvalue weighted by molar-refractivity contribution is 0.222. The van der Waals surface area contributed by atoms with Crippen LogP contribution in [-0.2, 0) is 0 Å². The van der Waals surface area contributed by atoms with E-state index in [1.54, 1.807) is 0 Å². The monoisotopic (exact) mass is 172 g/mol. The van der Waals surface area contributed by atoms with Gasteiger partial charge in [-0.3, -0.25) is 0 Å². The van der Waals surface area contributed by atoms with Gasteiger partial charge in [-0.05, 0) is 31.5 Å². The molecule has 2 nitrogen and oxygen atoms in total. The molecule has 0 radical (unpaired) electrons. The van der Waals surface area contributed by atoms with Crippen molar-refractivity contribution in [1.82, 2.24) is 4.90 Å². The second kappa shape index (κ2) is 6.44. The molecule has 1 unspecified atom stereocenters. The molecule has 2 N–H and O–H groups in total. The van der Waals surface area contributed by atoms with E-state index in [9.17, 15) is 0 Å². The van der Waals surface area contributed by atoms with Crippen LogP contribution in [0.5, 0.6) is 0 Å². The molecule has 0 amide bonds. The van der Waals surface area contributed by atoms with Gasteiger partial charge < -0.3 is 10.6 Å². The fourth-order valence-electron chi connectivity index (χ4n) is 1.37. The molecular weight excluding hydrogens is 148 g/mol. The van der Waals surface area contributed by atoms with Crippen molar-refractivity contribution in [2.75, 3.05) is 26.2 Å². The van der Waals surface area contributed by atoms with Crippen molar-refractivity contribution in [2.45, 2.75) is 27.7 Å². The zero-order valence-electron chi connectivity index (χ0n) is 9.01. The largest absolute Gasteiger partial charge is 0.330 e. The van der Waals surface area contributed by atoms with Crippen LogP contribution in [0.1, 0.15) is 27.7 Å². The van der Waals surface area contributed by atoms with Gasteiger partial charge in [0, 0.05) is 6.54 Å². The summed E-state index contributed by atoms with van der Waals surface area (Å²) in [5.41, 5.74) is 5.70. The maximum absolute atomic E-state index is 5.70. The Balaban J connectivity index is 3.82. The van der Waals surface area contributed by atoms with Gasteiger partial charge in [-0.1, -0.05) is 27.7 Å². The van der Waals surface area contributed by atoms with Gasteiger partial charge in [0.2, 0.25) is 0 Å². The van der Waals surface area contributed by atoms with E-state index in [0.29, 0.717) is 11.8 Å². The van der Waals surface area contributed by atoms with E-state index in [-0.39, 0.29) is 0 Å². The first-order valence-electron chi connectivity index (χ1n) is 5.08. The molecule has 0 heterocycles. The van der Waals surface area contributed by atoms with E-state index in [0.717, 1.165) is 26.2 Å². The molecule has 0 aromatic heterocycles. The van der Waals surface area contributed by atoms with E-state index in [4.69, 9.17) is 5.73 Å². The summed E-state index contributed by atoms with van der Waals surface area (Å²) in [5, 5.41) is 0. The lowest BCUT2D eigenvalue weighted by Gasteiger charge is -2.26. The minimum atomic E-state index is 0.657. The van der Waals surface area contributed by atoms with Gasteiger partial charge in [0.15, 0.2) is 0 Å². The molecule has 0 aliphatic heterocycles. The van der Waals surface area contributed by atoms with Crippen molar-refractivity contribution >= 4 is 0 Å². The lowest BCUT2D eigenvalue weighted by Crippen LogP contribution is -2.35. The normalized spacial score (nSPS) is 14.2. The average molecular weight is 172 g/mol. The molecule has 0 fully saturated rings. The summed E-state index contributed by atoms with van der Waals surface area (Å²) in [7, 11) is 0. The van der Waals surface area contributed by atoms with Crippen LogP contribution < -0.4 is 5.73 Å². The topological polar surface area (TPSA) is 29.3 Å². The van der Waals surface area contributed by atoms with Crippen molar-refractivity contribution in [3.05, 3.63) is 0 Å². The van der Waals surface area contributed by atoms with Crippen LogP contribution in [0.4, 0.5) is 0 Å². The first-order valence-corrected chi connectivity index (χ1v) is 5.08. The molecular formula is C10H24N2. The summed E-state index contributed by atoms with van der Waals surface area (Å²) in [4.78, 5) is 2.44. The third-order valence-electron chi connectivity index (χ3n) is 2.63. The molecule has 1 atom stereocenters. The predicted molar refractivity (Wildman–Crippen MR) is 55.2 cm³/mol. The lowest BCUT2D eigenvalue weighted by atomic mass is 9.95. The molecule has 74 valence electrons. The maximum atomic E-state index is 5.70. The van der Waals surface area contributed by atoms with E-state index >= 15 is 0 Å². The minimum absolute atomic E-state index is 0.657. The number of hydrogen-bond donors (Lipinski definition) is 1. The van der Waals surface area contributed by atoms with Gasteiger partial charge in [0.05, 0.1) is 0 Å². The zero-order valence-corrected chi connectivity index (χ0v) is 9.01. The number of rotatable bonds is 6. The minimum Gasteiger partial charge on any atom is -0.330 e. The van der Waals surface area contributed by atoms with Crippen molar-refractivity contribution in [1.29, 1.82) is 0 Å². The standard InChI is InChI=1S/C10H24N2/c1-5-12(6-2)8-10(7-11)9(3)4/h9-10H,5-8,11H2,1-4H3. The van der Waals surface area contributed by atoms with Gasteiger partial charge in [-0.2, -0.15) is 0 Å². The highest BCUT2D eigenvalue weighted by Crippen LogP contribution is 2.10. The molecule has 0 spiro atoms. The highest BCUT2D eigenvalue weighted by molar-refractivity contribution is 4.68. The van der Waals surface area contributed by atoms with Gasteiger partial charge in [0.25, 0.3) is 0 Å². The van der Waals surface area contributed by atoms with Crippen molar-refractivity contribution in [3.63, 3.8) is 0 Å². The quantitative estimate of drug-likeness (QED) is 0.659. The third-order valence-corrected chi connectivity index (χ3v) is 2.63.